The molecule has 3 aromatic rings. The number of nitrogens with zero attached hydrogens (tertiary/aromatic N) is 1. The Morgan fingerprint density at radius 2 is 1.77 bits per heavy atom. The summed E-state index contributed by atoms with van der Waals surface area (Å²) in [4.78, 5) is 27.5. The number of hydrogen-bond acceptors (Lipinski definition) is 5. The lowest BCUT2D eigenvalue weighted by molar-refractivity contribution is -0.132. The number of methoxy groups -OCH3 is 1. The van der Waals surface area contributed by atoms with Gasteiger partial charge in [0.15, 0.2) is 0 Å². The molecule has 2 aromatic carbocycles. The maximum absolute atomic E-state index is 13.1. The number of carbonyl (C=O) groups excluding carboxylic acids is 2. The van der Waals surface area contributed by atoms with Crippen LogP contribution in [0.15, 0.2) is 64.6 Å². The lowest BCUT2D eigenvalue weighted by Crippen LogP contribution is -2.29. The van der Waals surface area contributed by atoms with Crippen LogP contribution in [0.1, 0.15) is 28.7 Å². The molecule has 2 heterocycles. The lowest BCUT2D eigenvalue weighted by atomic mass is 9.97. The first-order chi connectivity index (χ1) is 14.8. The zero-order valence-electron chi connectivity index (χ0n) is 17.2. The van der Waals surface area contributed by atoms with Gasteiger partial charge >= 0.3 is 0 Å². The summed E-state index contributed by atoms with van der Waals surface area (Å²) in [5.41, 5.74) is 1.57. The molecule has 7 heteroatoms. The smallest absolute Gasteiger partial charge is 0.300 e. The van der Waals surface area contributed by atoms with Gasteiger partial charge in [-0.15, -0.1) is 0 Å². The van der Waals surface area contributed by atoms with Crippen molar-refractivity contribution in [3.05, 3.63) is 87.8 Å². The van der Waals surface area contributed by atoms with Gasteiger partial charge in [0.25, 0.3) is 11.7 Å². The summed E-state index contributed by atoms with van der Waals surface area (Å²) in [5.74, 6) is -0.543. The molecular weight excluding hydrogens is 418 g/mol. The van der Waals surface area contributed by atoms with Gasteiger partial charge in [0, 0.05) is 10.7 Å². The van der Waals surface area contributed by atoms with Crippen LogP contribution in [0.4, 0.5) is 5.69 Å². The summed E-state index contributed by atoms with van der Waals surface area (Å²) < 4.78 is 11.2. The maximum atomic E-state index is 13.1. The fraction of sp³-hybridized carbons (Fsp3) is 0.167. The summed E-state index contributed by atoms with van der Waals surface area (Å²) in [6.07, 6.45) is 0. The number of anilines is 1. The molecule has 1 unspecified atom stereocenters. The third kappa shape index (κ3) is 3.59. The van der Waals surface area contributed by atoms with E-state index in [1.807, 2.05) is 13.0 Å². The third-order valence-electron chi connectivity index (χ3n) is 5.19. The van der Waals surface area contributed by atoms with E-state index < -0.39 is 17.7 Å². The highest BCUT2D eigenvalue weighted by Crippen LogP contribution is 2.43. The molecule has 158 valence electrons. The number of furan rings is 1. The highest BCUT2D eigenvalue weighted by Gasteiger charge is 2.48. The number of benzene rings is 2. The SMILES string of the molecule is COc1ccc(C)cc1/C(O)=C1\C(=O)C(=O)N(c2ccc(Cl)cc2)C1c1ccc(C)o1. The average molecular weight is 438 g/mol. The van der Waals surface area contributed by atoms with Crippen LogP contribution >= 0.6 is 11.6 Å². The van der Waals surface area contributed by atoms with E-state index in [0.717, 1.165) is 5.56 Å². The van der Waals surface area contributed by atoms with Gasteiger partial charge in [-0.3, -0.25) is 14.5 Å². The minimum Gasteiger partial charge on any atom is -0.507 e. The van der Waals surface area contributed by atoms with Crippen molar-refractivity contribution < 1.29 is 23.8 Å². The van der Waals surface area contributed by atoms with Crippen molar-refractivity contribution in [3.63, 3.8) is 0 Å². The van der Waals surface area contributed by atoms with E-state index in [0.29, 0.717) is 33.5 Å². The van der Waals surface area contributed by atoms with E-state index in [1.54, 1.807) is 55.5 Å². The molecule has 1 N–H and O–H groups in total. The van der Waals surface area contributed by atoms with Crippen LogP contribution in [0, 0.1) is 13.8 Å². The van der Waals surface area contributed by atoms with Crippen LogP contribution in [0.5, 0.6) is 5.75 Å². The fourth-order valence-corrected chi connectivity index (χ4v) is 3.85. The molecule has 4 rings (SSSR count). The zero-order valence-corrected chi connectivity index (χ0v) is 17.9. The van der Waals surface area contributed by atoms with Gasteiger partial charge in [-0.05, 0) is 62.4 Å². The van der Waals surface area contributed by atoms with Gasteiger partial charge in [0.05, 0.1) is 18.2 Å². The Bertz CT molecular complexity index is 1210. The topological polar surface area (TPSA) is 80.0 Å². The molecular formula is C24H20ClNO5. The maximum Gasteiger partial charge on any atom is 0.300 e. The van der Waals surface area contributed by atoms with Crippen LogP contribution < -0.4 is 9.64 Å². The molecule has 0 saturated carbocycles. The van der Waals surface area contributed by atoms with Gasteiger partial charge in [-0.25, -0.2) is 0 Å². The number of aliphatic hydroxyl groups is 1. The first-order valence-electron chi connectivity index (χ1n) is 9.59. The van der Waals surface area contributed by atoms with E-state index in [2.05, 4.69) is 0 Å². The Labute approximate surface area is 184 Å². The number of ketones is 1. The Kier molecular flexibility index (Phi) is 5.33. The first-order valence-corrected chi connectivity index (χ1v) is 9.97. The van der Waals surface area contributed by atoms with Gasteiger partial charge in [-0.1, -0.05) is 23.2 Å². The van der Waals surface area contributed by atoms with Crippen molar-refractivity contribution in [2.75, 3.05) is 12.0 Å². The molecule has 0 bridgehead atoms. The normalized spacial score (nSPS) is 17.9. The number of ether oxygens (including phenoxy) is 1. The number of amides is 1. The van der Waals surface area contributed by atoms with Crippen LogP contribution in [-0.4, -0.2) is 23.9 Å². The number of carbonyl (C=O) groups is 2. The number of Topliss-reactive ketones (excluding diaryl/α,β-unsaturated/α-hetero) is 1. The van der Waals surface area contributed by atoms with Gasteiger partial charge in [0.1, 0.15) is 29.1 Å². The van der Waals surface area contributed by atoms with Crippen LogP contribution in [0.2, 0.25) is 5.02 Å². The molecule has 1 saturated heterocycles. The lowest BCUT2D eigenvalue weighted by Gasteiger charge is -2.23. The number of aliphatic hydroxyl groups excluding tert-OH is 1. The Hall–Kier alpha value is -3.51. The Morgan fingerprint density at radius 1 is 1.06 bits per heavy atom. The molecule has 1 amide bonds. The minimum absolute atomic E-state index is 0.0711. The van der Waals surface area contributed by atoms with E-state index in [-0.39, 0.29) is 11.3 Å². The largest absolute Gasteiger partial charge is 0.507 e. The van der Waals surface area contributed by atoms with Crippen LogP contribution in [0.3, 0.4) is 0 Å². The summed E-state index contributed by atoms with van der Waals surface area (Å²) >= 11 is 6.00. The highest BCUT2D eigenvalue weighted by atomic mass is 35.5. The summed E-state index contributed by atoms with van der Waals surface area (Å²) in [7, 11) is 1.47. The van der Waals surface area contributed by atoms with Crippen molar-refractivity contribution in [1.29, 1.82) is 0 Å². The van der Waals surface area contributed by atoms with Crippen LogP contribution in [-0.2, 0) is 9.59 Å². The Morgan fingerprint density at radius 3 is 2.39 bits per heavy atom. The second kappa shape index (κ2) is 7.96. The fourth-order valence-electron chi connectivity index (χ4n) is 3.72. The number of halogens is 1. The van der Waals surface area contributed by atoms with Crippen molar-refractivity contribution in [2.24, 2.45) is 0 Å². The first kappa shape index (κ1) is 20.8. The number of rotatable bonds is 4. The summed E-state index contributed by atoms with van der Waals surface area (Å²) in [5, 5.41) is 11.7. The Balaban J connectivity index is 1.97. The predicted octanol–water partition coefficient (Wildman–Crippen LogP) is 5.18. The van der Waals surface area contributed by atoms with Crippen molar-refractivity contribution >= 4 is 34.7 Å². The van der Waals surface area contributed by atoms with E-state index in [4.69, 9.17) is 20.8 Å². The number of hydrogen-bond donors (Lipinski definition) is 1. The van der Waals surface area contributed by atoms with Gasteiger partial charge in [-0.2, -0.15) is 0 Å². The summed E-state index contributed by atoms with van der Waals surface area (Å²) in [6, 6.07) is 14.3. The summed E-state index contributed by atoms with van der Waals surface area (Å²) in [6.45, 7) is 3.62. The molecule has 0 radical (unpaired) electrons. The molecule has 6 nitrogen and oxygen atoms in total. The van der Waals surface area contributed by atoms with Crippen LogP contribution in [0.25, 0.3) is 5.76 Å². The predicted molar refractivity (Wildman–Crippen MR) is 117 cm³/mol. The quantitative estimate of drug-likeness (QED) is 0.345. The monoisotopic (exact) mass is 437 g/mol. The van der Waals surface area contributed by atoms with E-state index in [1.165, 1.54) is 12.0 Å². The standard InChI is InChI=1S/C24H20ClNO5/c1-13-4-10-18(30-3)17(12-13)22(27)20-21(19-11-5-14(2)31-19)26(24(29)23(20)28)16-8-6-15(25)7-9-16/h4-12,21,27H,1-3H3/b22-20+. The molecule has 1 aromatic heterocycles. The number of aryl methyl sites for hydroxylation is 2. The van der Waals surface area contributed by atoms with Gasteiger partial charge < -0.3 is 14.3 Å². The second-order valence-corrected chi connectivity index (χ2v) is 7.73. The molecule has 1 aliphatic heterocycles. The van der Waals surface area contributed by atoms with Crippen molar-refractivity contribution in [3.8, 4) is 5.75 Å². The zero-order chi connectivity index (χ0) is 22.3. The van der Waals surface area contributed by atoms with E-state index >= 15 is 0 Å². The van der Waals surface area contributed by atoms with E-state index in [9.17, 15) is 14.7 Å². The molecule has 1 atom stereocenters. The highest BCUT2D eigenvalue weighted by molar-refractivity contribution is 6.51. The minimum atomic E-state index is -0.944. The molecule has 0 spiro atoms. The molecule has 31 heavy (non-hydrogen) atoms. The second-order valence-electron chi connectivity index (χ2n) is 7.30. The van der Waals surface area contributed by atoms with Crippen molar-refractivity contribution in [1.82, 2.24) is 0 Å². The molecule has 0 aliphatic carbocycles. The molecule has 1 fully saturated rings. The molecule has 1 aliphatic rings. The average Bonchev–Trinajstić information content (AvgIpc) is 3.29. The third-order valence-corrected chi connectivity index (χ3v) is 5.44. The van der Waals surface area contributed by atoms with Crippen molar-refractivity contribution in [2.45, 2.75) is 19.9 Å². The van der Waals surface area contributed by atoms with Gasteiger partial charge in [0.2, 0.25) is 0 Å².